The van der Waals surface area contributed by atoms with Gasteiger partial charge in [-0.25, -0.2) is 9.18 Å². The van der Waals surface area contributed by atoms with Crippen molar-refractivity contribution in [3.63, 3.8) is 0 Å². The normalized spacial score (nSPS) is 11.3. The van der Waals surface area contributed by atoms with Gasteiger partial charge in [0.25, 0.3) is 0 Å². The number of urea groups is 1. The molecule has 0 aliphatic carbocycles. The first kappa shape index (κ1) is 18.4. The molecule has 0 fully saturated rings. The number of nitrogens with zero attached hydrogens (tertiary/aromatic N) is 2. The minimum Gasteiger partial charge on any atom is -0.308 e. The van der Waals surface area contributed by atoms with E-state index in [1.54, 1.807) is 12.1 Å². The summed E-state index contributed by atoms with van der Waals surface area (Å²) in [5.74, 6) is -0.363. The second-order valence-corrected chi connectivity index (χ2v) is 5.71. The first-order chi connectivity index (χ1) is 12.8. The first-order valence-corrected chi connectivity index (χ1v) is 7.82. The van der Waals surface area contributed by atoms with Gasteiger partial charge in [-0.2, -0.15) is 18.3 Å². The van der Waals surface area contributed by atoms with Crippen LogP contribution >= 0.6 is 0 Å². The SMILES string of the molecule is O=C(Nc1cccc(C(F)(F)F)c1)Nc1cnn(Cc2cccc(F)c2)c1. The van der Waals surface area contributed by atoms with Crippen molar-refractivity contribution in [2.75, 3.05) is 10.6 Å². The van der Waals surface area contributed by atoms with Gasteiger partial charge in [0, 0.05) is 11.9 Å². The van der Waals surface area contributed by atoms with Gasteiger partial charge in [-0.15, -0.1) is 0 Å². The van der Waals surface area contributed by atoms with E-state index in [1.165, 1.54) is 41.3 Å². The molecule has 1 aromatic heterocycles. The summed E-state index contributed by atoms with van der Waals surface area (Å²) in [6.07, 6.45) is -1.59. The molecular weight excluding hydrogens is 364 g/mol. The van der Waals surface area contributed by atoms with Gasteiger partial charge in [0.05, 0.1) is 24.0 Å². The summed E-state index contributed by atoms with van der Waals surface area (Å²) in [6.45, 7) is 0.300. The summed E-state index contributed by atoms with van der Waals surface area (Å²) < 4.78 is 52.8. The Balaban J connectivity index is 1.61. The number of alkyl halides is 3. The molecule has 2 amide bonds. The van der Waals surface area contributed by atoms with Crippen LogP contribution in [0.1, 0.15) is 11.1 Å². The molecule has 0 unspecified atom stereocenters. The fourth-order valence-corrected chi connectivity index (χ4v) is 2.40. The smallest absolute Gasteiger partial charge is 0.308 e. The van der Waals surface area contributed by atoms with Crippen molar-refractivity contribution in [2.24, 2.45) is 0 Å². The molecule has 0 bridgehead atoms. The van der Waals surface area contributed by atoms with Crippen molar-refractivity contribution in [2.45, 2.75) is 12.7 Å². The van der Waals surface area contributed by atoms with E-state index in [1.807, 2.05) is 0 Å². The largest absolute Gasteiger partial charge is 0.416 e. The van der Waals surface area contributed by atoms with Crippen LogP contribution in [0.3, 0.4) is 0 Å². The summed E-state index contributed by atoms with van der Waals surface area (Å²) in [4.78, 5) is 12.0. The summed E-state index contributed by atoms with van der Waals surface area (Å²) in [5, 5.41) is 8.86. The van der Waals surface area contributed by atoms with Crippen molar-refractivity contribution in [1.29, 1.82) is 0 Å². The van der Waals surface area contributed by atoms with Crippen LogP contribution in [0.15, 0.2) is 60.9 Å². The Morgan fingerprint density at radius 1 is 1.04 bits per heavy atom. The quantitative estimate of drug-likeness (QED) is 0.645. The summed E-state index contributed by atoms with van der Waals surface area (Å²) in [7, 11) is 0. The molecular formula is C18H14F4N4O. The molecule has 0 spiro atoms. The fraction of sp³-hybridized carbons (Fsp3) is 0.111. The van der Waals surface area contributed by atoms with Crippen LogP contribution in [-0.4, -0.2) is 15.8 Å². The molecule has 0 aliphatic heterocycles. The van der Waals surface area contributed by atoms with Crippen molar-refractivity contribution in [3.05, 3.63) is 77.9 Å². The van der Waals surface area contributed by atoms with Gasteiger partial charge in [0.1, 0.15) is 5.82 Å². The van der Waals surface area contributed by atoms with Crippen LogP contribution in [0.25, 0.3) is 0 Å². The van der Waals surface area contributed by atoms with Crippen LogP contribution in [-0.2, 0) is 12.7 Å². The minimum atomic E-state index is -4.49. The third-order valence-electron chi connectivity index (χ3n) is 3.57. The number of carbonyl (C=O) groups excluding carboxylic acids is 1. The van der Waals surface area contributed by atoms with Gasteiger partial charge in [-0.1, -0.05) is 18.2 Å². The van der Waals surface area contributed by atoms with Gasteiger partial charge in [-0.3, -0.25) is 4.68 Å². The van der Waals surface area contributed by atoms with Gasteiger partial charge < -0.3 is 10.6 Å². The van der Waals surface area contributed by atoms with Crippen LogP contribution in [0, 0.1) is 5.82 Å². The molecule has 3 aromatic rings. The zero-order valence-electron chi connectivity index (χ0n) is 13.8. The van der Waals surface area contributed by atoms with E-state index in [0.29, 0.717) is 17.8 Å². The number of carbonyl (C=O) groups is 1. The average molecular weight is 378 g/mol. The Bertz CT molecular complexity index is 952. The second kappa shape index (κ2) is 7.48. The number of rotatable bonds is 4. The Labute approximate surface area is 151 Å². The number of halogens is 4. The molecule has 27 heavy (non-hydrogen) atoms. The Morgan fingerprint density at radius 3 is 2.52 bits per heavy atom. The van der Waals surface area contributed by atoms with Crippen LogP contribution in [0.4, 0.5) is 33.7 Å². The highest BCUT2D eigenvalue weighted by Crippen LogP contribution is 2.30. The van der Waals surface area contributed by atoms with Crippen molar-refractivity contribution >= 4 is 17.4 Å². The topological polar surface area (TPSA) is 59.0 Å². The number of hydrogen-bond donors (Lipinski definition) is 2. The van der Waals surface area contributed by atoms with Gasteiger partial charge in [0.15, 0.2) is 0 Å². The van der Waals surface area contributed by atoms with E-state index in [4.69, 9.17) is 0 Å². The number of aromatic nitrogens is 2. The number of nitrogens with one attached hydrogen (secondary N) is 2. The van der Waals surface area contributed by atoms with E-state index in [-0.39, 0.29) is 11.5 Å². The maximum atomic E-state index is 13.2. The Kier molecular flexibility index (Phi) is 5.11. The third kappa shape index (κ3) is 5.06. The molecule has 0 saturated heterocycles. The van der Waals surface area contributed by atoms with Gasteiger partial charge in [-0.05, 0) is 35.9 Å². The number of amides is 2. The zero-order chi connectivity index (χ0) is 19.4. The molecule has 0 saturated carbocycles. The maximum absolute atomic E-state index is 13.2. The highest BCUT2D eigenvalue weighted by Gasteiger charge is 2.30. The molecule has 1 heterocycles. The molecule has 0 atom stereocenters. The number of benzene rings is 2. The Morgan fingerprint density at radius 2 is 1.78 bits per heavy atom. The lowest BCUT2D eigenvalue weighted by atomic mass is 10.2. The predicted molar refractivity (Wildman–Crippen MR) is 91.8 cm³/mol. The predicted octanol–water partition coefficient (Wildman–Crippen LogP) is 4.73. The van der Waals surface area contributed by atoms with Crippen LogP contribution in [0.5, 0.6) is 0 Å². The van der Waals surface area contributed by atoms with Crippen molar-refractivity contribution in [3.8, 4) is 0 Å². The summed E-state index contributed by atoms with van der Waals surface area (Å²) in [6, 6.07) is 9.62. The van der Waals surface area contributed by atoms with Crippen molar-refractivity contribution in [1.82, 2.24) is 9.78 Å². The lowest BCUT2D eigenvalue weighted by molar-refractivity contribution is -0.137. The van der Waals surface area contributed by atoms with E-state index in [9.17, 15) is 22.4 Å². The monoisotopic (exact) mass is 378 g/mol. The lowest BCUT2D eigenvalue weighted by Gasteiger charge is -2.10. The average Bonchev–Trinajstić information content (AvgIpc) is 3.01. The molecule has 3 rings (SSSR count). The maximum Gasteiger partial charge on any atom is 0.416 e. The van der Waals surface area contributed by atoms with Gasteiger partial charge in [0.2, 0.25) is 0 Å². The Hall–Kier alpha value is -3.36. The second-order valence-electron chi connectivity index (χ2n) is 5.71. The standard InChI is InChI=1S/C18H14F4N4O/c19-14-5-1-3-12(7-14)10-26-11-16(9-23-26)25-17(27)24-15-6-2-4-13(8-15)18(20,21)22/h1-9,11H,10H2,(H2,24,25,27). The lowest BCUT2D eigenvalue weighted by Crippen LogP contribution is -2.19. The van der Waals surface area contributed by atoms with Gasteiger partial charge >= 0.3 is 12.2 Å². The minimum absolute atomic E-state index is 0.00878. The molecule has 0 radical (unpaired) electrons. The van der Waals surface area contributed by atoms with E-state index in [0.717, 1.165) is 12.1 Å². The van der Waals surface area contributed by atoms with Crippen molar-refractivity contribution < 1.29 is 22.4 Å². The molecule has 0 aliphatic rings. The van der Waals surface area contributed by atoms with E-state index < -0.39 is 17.8 Å². The molecule has 5 nitrogen and oxygen atoms in total. The highest BCUT2D eigenvalue weighted by molar-refractivity contribution is 5.99. The van der Waals surface area contributed by atoms with E-state index in [2.05, 4.69) is 15.7 Å². The first-order valence-electron chi connectivity index (χ1n) is 7.82. The summed E-state index contributed by atoms with van der Waals surface area (Å²) >= 11 is 0. The highest BCUT2D eigenvalue weighted by atomic mass is 19.4. The number of anilines is 2. The van der Waals surface area contributed by atoms with Crippen LogP contribution in [0.2, 0.25) is 0 Å². The fourth-order valence-electron chi connectivity index (χ4n) is 2.40. The van der Waals surface area contributed by atoms with E-state index >= 15 is 0 Å². The third-order valence-corrected chi connectivity index (χ3v) is 3.57. The molecule has 2 aromatic carbocycles. The zero-order valence-corrected chi connectivity index (χ0v) is 13.8. The molecule has 9 heteroatoms. The summed E-state index contributed by atoms with van der Waals surface area (Å²) in [5.41, 5.74) is 0.187. The number of hydrogen-bond acceptors (Lipinski definition) is 2. The van der Waals surface area contributed by atoms with Crippen LogP contribution < -0.4 is 10.6 Å². The molecule has 140 valence electrons. The molecule has 2 N–H and O–H groups in total.